The lowest BCUT2D eigenvalue weighted by molar-refractivity contribution is -0.110. The lowest BCUT2D eigenvalue weighted by Crippen LogP contribution is -2.22. The molecule has 3 aromatic rings. The van der Waals surface area contributed by atoms with E-state index in [-0.39, 0.29) is 12.0 Å². The summed E-state index contributed by atoms with van der Waals surface area (Å²) >= 11 is 0. The number of para-hydroxylation sites is 1. The van der Waals surface area contributed by atoms with Gasteiger partial charge in [-0.1, -0.05) is 53.7 Å². The van der Waals surface area contributed by atoms with Crippen LogP contribution < -0.4 is 5.32 Å². The monoisotopic (exact) mass is 346 g/mol. The SMILES string of the molecule is O=C(Nc1ccccc1Cn1cccn1)C1=NO[C@@H](c2ccccc2)C1. The molecular weight excluding hydrogens is 328 g/mol. The maximum atomic E-state index is 12.6. The number of oxime groups is 1. The molecule has 2 heterocycles. The van der Waals surface area contributed by atoms with Gasteiger partial charge in [0, 0.05) is 24.5 Å². The van der Waals surface area contributed by atoms with E-state index in [1.165, 1.54) is 0 Å². The summed E-state index contributed by atoms with van der Waals surface area (Å²) in [7, 11) is 0. The molecule has 0 spiro atoms. The van der Waals surface area contributed by atoms with E-state index >= 15 is 0 Å². The van der Waals surface area contributed by atoms with Crippen LogP contribution in [0.25, 0.3) is 0 Å². The molecule has 0 bridgehead atoms. The average molecular weight is 346 g/mol. The van der Waals surface area contributed by atoms with Crippen molar-refractivity contribution in [1.29, 1.82) is 0 Å². The Morgan fingerprint density at radius 1 is 1.12 bits per heavy atom. The summed E-state index contributed by atoms with van der Waals surface area (Å²) in [4.78, 5) is 18.0. The Labute approximate surface area is 151 Å². The van der Waals surface area contributed by atoms with Gasteiger partial charge in [-0.2, -0.15) is 5.10 Å². The van der Waals surface area contributed by atoms with E-state index in [1.54, 1.807) is 6.20 Å². The van der Waals surface area contributed by atoms with Crippen LogP contribution in [-0.2, 0) is 16.2 Å². The van der Waals surface area contributed by atoms with E-state index in [1.807, 2.05) is 71.5 Å². The van der Waals surface area contributed by atoms with Crippen molar-refractivity contribution >= 4 is 17.3 Å². The van der Waals surface area contributed by atoms with Crippen LogP contribution >= 0.6 is 0 Å². The topological polar surface area (TPSA) is 68.5 Å². The van der Waals surface area contributed by atoms with E-state index in [0.29, 0.717) is 18.7 Å². The molecule has 0 saturated heterocycles. The van der Waals surface area contributed by atoms with Crippen molar-refractivity contribution in [3.8, 4) is 0 Å². The standard InChI is InChI=1S/C20H18N4O2/c25-20(18-13-19(26-23-18)15-7-2-1-3-8-15)22-17-10-5-4-9-16(17)14-24-12-6-11-21-24/h1-12,19H,13-14H2,(H,22,25)/t19-/m1/s1. The van der Waals surface area contributed by atoms with Gasteiger partial charge in [-0.05, 0) is 23.3 Å². The average Bonchev–Trinajstić information content (AvgIpc) is 3.36. The third-order valence-corrected chi connectivity index (χ3v) is 4.26. The highest BCUT2D eigenvalue weighted by atomic mass is 16.6. The highest BCUT2D eigenvalue weighted by Gasteiger charge is 2.27. The van der Waals surface area contributed by atoms with Crippen molar-refractivity contribution in [2.45, 2.75) is 19.1 Å². The van der Waals surface area contributed by atoms with E-state index in [0.717, 1.165) is 16.8 Å². The number of aromatic nitrogens is 2. The minimum Gasteiger partial charge on any atom is -0.387 e. The molecule has 1 aromatic heterocycles. The zero-order valence-corrected chi connectivity index (χ0v) is 14.1. The number of carbonyl (C=O) groups is 1. The van der Waals surface area contributed by atoms with Crippen molar-refractivity contribution in [2.24, 2.45) is 5.16 Å². The van der Waals surface area contributed by atoms with Gasteiger partial charge in [-0.3, -0.25) is 9.48 Å². The molecule has 130 valence electrons. The Morgan fingerprint density at radius 2 is 1.92 bits per heavy atom. The number of nitrogens with zero attached hydrogens (tertiary/aromatic N) is 3. The summed E-state index contributed by atoms with van der Waals surface area (Å²) in [6.07, 6.45) is 3.86. The van der Waals surface area contributed by atoms with E-state index < -0.39 is 0 Å². The number of rotatable bonds is 5. The Balaban J connectivity index is 1.44. The third-order valence-electron chi connectivity index (χ3n) is 4.26. The lowest BCUT2D eigenvalue weighted by atomic mass is 10.0. The highest BCUT2D eigenvalue weighted by molar-refractivity contribution is 6.43. The molecule has 1 aliphatic rings. The van der Waals surface area contributed by atoms with Crippen LogP contribution in [0.5, 0.6) is 0 Å². The van der Waals surface area contributed by atoms with Gasteiger partial charge in [0.2, 0.25) is 0 Å². The highest BCUT2D eigenvalue weighted by Crippen LogP contribution is 2.27. The van der Waals surface area contributed by atoms with Crippen molar-refractivity contribution in [2.75, 3.05) is 5.32 Å². The fourth-order valence-electron chi connectivity index (χ4n) is 2.90. The Hall–Kier alpha value is -3.41. The predicted molar refractivity (Wildman–Crippen MR) is 98.7 cm³/mol. The first-order valence-electron chi connectivity index (χ1n) is 8.44. The van der Waals surface area contributed by atoms with Gasteiger partial charge < -0.3 is 10.2 Å². The Morgan fingerprint density at radius 3 is 2.73 bits per heavy atom. The molecule has 6 heteroatoms. The number of amides is 1. The van der Waals surface area contributed by atoms with Gasteiger partial charge in [0.25, 0.3) is 5.91 Å². The van der Waals surface area contributed by atoms with Gasteiger partial charge in [0.1, 0.15) is 5.71 Å². The predicted octanol–water partition coefficient (Wildman–Crippen LogP) is 3.39. The van der Waals surface area contributed by atoms with Gasteiger partial charge in [0.15, 0.2) is 6.10 Å². The summed E-state index contributed by atoms with van der Waals surface area (Å²) < 4.78 is 1.81. The van der Waals surface area contributed by atoms with E-state index in [9.17, 15) is 4.79 Å². The van der Waals surface area contributed by atoms with Gasteiger partial charge >= 0.3 is 0 Å². The molecule has 0 unspecified atom stereocenters. The summed E-state index contributed by atoms with van der Waals surface area (Å²) in [6.45, 7) is 0.582. The molecule has 1 amide bonds. The van der Waals surface area contributed by atoms with Gasteiger partial charge in [0.05, 0.1) is 6.54 Å². The fourth-order valence-corrected chi connectivity index (χ4v) is 2.90. The molecule has 0 fully saturated rings. The molecule has 26 heavy (non-hydrogen) atoms. The van der Waals surface area contributed by atoms with Gasteiger partial charge in [-0.15, -0.1) is 0 Å². The number of hydrogen-bond acceptors (Lipinski definition) is 4. The minimum atomic E-state index is -0.239. The first-order chi connectivity index (χ1) is 12.8. The first-order valence-corrected chi connectivity index (χ1v) is 8.44. The van der Waals surface area contributed by atoms with Crippen LogP contribution in [0.15, 0.2) is 78.2 Å². The molecule has 1 N–H and O–H groups in total. The number of carbonyl (C=O) groups excluding carboxylic acids is 1. The fraction of sp³-hybridized carbons (Fsp3) is 0.150. The van der Waals surface area contributed by atoms with Crippen LogP contribution in [0.1, 0.15) is 23.7 Å². The summed E-state index contributed by atoms with van der Waals surface area (Å²) in [6, 6.07) is 19.3. The molecule has 4 rings (SSSR count). The van der Waals surface area contributed by atoms with Crippen molar-refractivity contribution in [3.63, 3.8) is 0 Å². The van der Waals surface area contributed by atoms with Crippen LogP contribution in [-0.4, -0.2) is 21.4 Å². The smallest absolute Gasteiger partial charge is 0.273 e. The molecule has 2 aromatic carbocycles. The van der Waals surface area contributed by atoms with Crippen molar-refractivity contribution in [1.82, 2.24) is 9.78 Å². The zero-order chi connectivity index (χ0) is 17.8. The first kappa shape index (κ1) is 16.1. The second-order valence-electron chi connectivity index (χ2n) is 6.06. The molecule has 0 saturated carbocycles. The van der Waals surface area contributed by atoms with Crippen LogP contribution in [0.2, 0.25) is 0 Å². The molecule has 1 atom stereocenters. The summed E-state index contributed by atoms with van der Waals surface area (Å²) in [5.41, 5.74) is 3.13. The Bertz CT molecular complexity index is 920. The quantitative estimate of drug-likeness (QED) is 0.770. The van der Waals surface area contributed by atoms with Crippen molar-refractivity contribution in [3.05, 3.63) is 84.2 Å². The normalized spacial score (nSPS) is 16.0. The second-order valence-corrected chi connectivity index (χ2v) is 6.06. The molecule has 0 aliphatic carbocycles. The summed E-state index contributed by atoms with van der Waals surface area (Å²) in [5, 5.41) is 11.1. The lowest BCUT2D eigenvalue weighted by Gasteiger charge is -2.11. The molecular formula is C20H18N4O2. The maximum Gasteiger partial charge on any atom is 0.273 e. The van der Waals surface area contributed by atoms with Crippen molar-refractivity contribution < 1.29 is 9.63 Å². The number of hydrogen-bond donors (Lipinski definition) is 1. The molecule has 6 nitrogen and oxygen atoms in total. The molecule has 0 radical (unpaired) electrons. The maximum absolute atomic E-state index is 12.6. The van der Waals surface area contributed by atoms with E-state index in [2.05, 4.69) is 15.6 Å². The van der Waals surface area contributed by atoms with Crippen LogP contribution in [0, 0.1) is 0 Å². The largest absolute Gasteiger partial charge is 0.387 e. The number of benzene rings is 2. The van der Waals surface area contributed by atoms with E-state index in [4.69, 9.17) is 4.84 Å². The molecule has 1 aliphatic heterocycles. The zero-order valence-electron chi connectivity index (χ0n) is 14.1. The third kappa shape index (κ3) is 3.49. The van der Waals surface area contributed by atoms with Crippen LogP contribution in [0.4, 0.5) is 5.69 Å². The minimum absolute atomic E-state index is 0.212. The number of nitrogens with one attached hydrogen (secondary N) is 1. The van der Waals surface area contributed by atoms with Gasteiger partial charge in [-0.25, -0.2) is 0 Å². The van der Waals surface area contributed by atoms with Crippen LogP contribution in [0.3, 0.4) is 0 Å². The second kappa shape index (κ2) is 7.23. The summed E-state index contributed by atoms with van der Waals surface area (Å²) in [5.74, 6) is -0.239. The number of anilines is 1. The Kier molecular flexibility index (Phi) is 4.47.